The van der Waals surface area contributed by atoms with Gasteiger partial charge in [-0.15, -0.1) is 11.3 Å². The summed E-state index contributed by atoms with van der Waals surface area (Å²) in [7, 11) is 0. The second-order valence-corrected chi connectivity index (χ2v) is 20.3. The number of para-hydroxylation sites is 2. The van der Waals surface area contributed by atoms with Gasteiger partial charge in [0.15, 0.2) is 0 Å². The smallest absolute Gasteiger partial charge is 0.129 e. The van der Waals surface area contributed by atoms with Gasteiger partial charge in [-0.2, -0.15) is 0 Å². The number of thiophene rings is 1. The molecule has 480 valence electrons. The predicted molar refractivity (Wildman–Crippen MR) is 398 cm³/mol. The van der Waals surface area contributed by atoms with E-state index in [0.29, 0.717) is 0 Å². The minimum Gasteiger partial charge on any atom is -0.467 e. The first-order chi connectivity index (χ1) is 42.8. The lowest BCUT2D eigenvalue weighted by atomic mass is 9.99. The number of pyridine rings is 2. The average molecular weight is 1220 g/mol. The predicted octanol–water partition coefficient (Wildman–Crippen LogP) is 24.8. The minimum absolute atomic E-state index is 0.792. The molecule has 12 aromatic rings. The maximum atomic E-state index is 5.08. The summed E-state index contributed by atoms with van der Waals surface area (Å²) in [6.45, 7) is 58.1. The molecule has 0 aliphatic heterocycles. The summed E-state index contributed by atoms with van der Waals surface area (Å²) in [4.78, 5) is 32.3. The van der Waals surface area contributed by atoms with Crippen LogP contribution in [0, 0.1) is 104 Å². The minimum atomic E-state index is 0.792. The Balaban J connectivity index is 0. The van der Waals surface area contributed by atoms with Crippen LogP contribution < -0.4 is 0 Å². The van der Waals surface area contributed by atoms with Crippen LogP contribution in [0.15, 0.2) is 162 Å². The summed E-state index contributed by atoms with van der Waals surface area (Å²) in [5.74, 6) is 5.18. The molecule has 12 rings (SSSR count). The van der Waals surface area contributed by atoms with Gasteiger partial charge in [0.2, 0.25) is 0 Å². The summed E-state index contributed by atoms with van der Waals surface area (Å²) in [5, 5.41) is 10.3. The maximum Gasteiger partial charge on any atom is 0.129 e. The maximum absolute atomic E-state index is 5.08. The molecule has 0 atom stereocenters. The lowest BCUT2D eigenvalue weighted by Gasteiger charge is -2.05. The van der Waals surface area contributed by atoms with Crippen LogP contribution in [-0.4, -0.2) is 34.9 Å². The third kappa shape index (κ3) is 30.7. The molecule has 6 aromatic carbocycles. The van der Waals surface area contributed by atoms with E-state index in [1.165, 1.54) is 64.1 Å². The molecule has 9 heteroatoms. The van der Waals surface area contributed by atoms with Crippen molar-refractivity contribution in [2.24, 2.45) is 0 Å². The Morgan fingerprint density at radius 3 is 1.04 bits per heavy atom. The van der Waals surface area contributed by atoms with Gasteiger partial charge in [0, 0.05) is 48.7 Å². The second-order valence-electron chi connectivity index (χ2n) is 18.8. The van der Waals surface area contributed by atoms with E-state index in [4.69, 9.17) is 4.42 Å². The van der Waals surface area contributed by atoms with E-state index in [1.54, 1.807) is 0 Å². The molecule has 0 bridgehead atoms. The zero-order chi connectivity index (χ0) is 68.2. The summed E-state index contributed by atoms with van der Waals surface area (Å²) >= 11 is 1.84. The number of benzene rings is 6. The van der Waals surface area contributed by atoms with Gasteiger partial charge in [0.05, 0.1) is 11.0 Å². The second kappa shape index (κ2) is 48.0. The van der Waals surface area contributed by atoms with Gasteiger partial charge < -0.3 is 4.42 Å². The monoisotopic (exact) mass is 1220 g/mol. The summed E-state index contributed by atoms with van der Waals surface area (Å²) in [6, 6.07) is 54.8. The highest BCUT2D eigenvalue weighted by atomic mass is 32.1. The number of hydrogen-bond donors (Lipinski definition) is 0. The van der Waals surface area contributed by atoms with Gasteiger partial charge in [-0.05, 0) is 185 Å². The summed E-state index contributed by atoms with van der Waals surface area (Å²) < 4.78 is 5.08. The quantitative estimate of drug-likeness (QED) is 0.138. The van der Waals surface area contributed by atoms with Crippen LogP contribution >= 0.6 is 11.3 Å². The first-order valence-electron chi connectivity index (χ1n) is 32.3. The van der Waals surface area contributed by atoms with Crippen LogP contribution in [0.1, 0.15) is 181 Å². The van der Waals surface area contributed by atoms with E-state index in [1.807, 2.05) is 225 Å². The lowest BCUT2D eigenvalue weighted by Crippen LogP contribution is -1.97. The molecule has 6 aromatic heterocycles. The zero-order valence-corrected chi connectivity index (χ0v) is 61.3. The molecule has 0 saturated heterocycles. The average Bonchev–Trinajstić information content (AvgIpc) is 1.50. The fraction of sp³-hybridized carbons (Fsp3) is 0.362. The van der Waals surface area contributed by atoms with Gasteiger partial charge in [0.25, 0.3) is 0 Å². The Bertz CT molecular complexity index is 3440. The van der Waals surface area contributed by atoms with Crippen molar-refractivity contribution in [1.82, 2.24) is 34.9 Å². The van der Waals surface area contributed by atoms with Crippen molar-refractivity contribution in [2.75, 3.05) is 0 Å². The standard InChI is InChI=1S/C16H14.2C11H11N.C10H10N2.C6H9N3.C6H8O.C6H8S.7C2H6/c1-11-3-7-15-13(9-11)5-6-14-10-12(2)4-8-16(14)15;1-8-7-10-5-3-4-6-11(10)9(2)12-8;1-8-7-9(2)12-11-6-4-3-5-10(8)11;1-7-9-5-3-4-6-10(9)12-8(2)11-7;1-4-7-5(2)9-6(3)8-4;2*1-5-3-4-6(2)7-5;7*1-2/h3-10H,1-2H3;2*3-7H,1-2H3;3-6H,1-2H3;1-3H3;2*3-4H,1-2H3;7*1-2H3. The fourth-order valence-corrected chi connectivity index (χ4v) is 9.41. The fourth-order valence-electron chi connectivity index (χ4n) is 8.63. The van der Waals surface area contributed by atoms with Crippen molar-refractivity contribution < 1.29 is 4.42 Å². The molecule has 0 aliphatic carbocycles. The van der Waals surface area contributed by atoms with Gasteiger partial charge in [0.1, 0.15) is 34.8 Å². The molecule has 0 amide bonds. The van der Waals surface area contributed by atoms with Crippen LogP contribution in [0.5, 0.6) is 0 Å². The van der Waals surface area contributed by atoms with Crippen LogP contribution in [0.2, 0.25) is 0 Å². The van der Waals surface area contributed by atoms with Crippen molar-refractivity contribution in [1.29, 1.82) is 0 Å². The van der Waals surface area contributed by atoms with Crippen molar-refractivity contribution >= 4 is 65.5 Å². The molecule has 0 unspecified atom stereocenters. The molecule has 0 fully saturated rings. The third-order valence-electron chi connectivity index (χ3n) is 11.9. The van der Waals surface area contributed by atoms with E-state index in [9.17, 15) is 0 Å². The van der Waals surface area contributed by atoms with Crippen LogP contribution in [0.25, 0.3) is 54.1 Å². The van der Waals surface area contributed by atoms with Crippen LogP contribution in [0.3, 0.4) is 0 Å². The lowest BCUT2D eigenvalue weighted by molar-refractivity contribution is 0.504. The Kier molecular flexibility index (Phi) is 44.8. The topological polar surface area (TPSA) is 103 Å². The van der Waals surface area contributed by atoms with Gasteiger partial charge in [-0.1, -0.05) is 217 Å². The molecule has 0 N–H and O–H groups in total. The molecular formula is C80H113N7OS. The number of nitrogens with zero attached hydrogens (tertiary/aromatic N) is 7. The van der Waals surface area contributed by atoms with Crippen molar-refractivity contribution in [3.8, 4) is 0 Å². The molecule has 0 saturated carbocycles. The molecule has 0 radical (unpaired) electrons. The van der Waals surface area contributed by atoms with Gasteiger partial charge in [-0.25, -0.2) is 24.9 Å². The SMILES string of the molecule is CC.CC.CC.CC.CC.CC.CC.Cc1cc(C)c2ccccc2n1.Cc1cc2ccccc2c(C)n1.Cc1ccc(C)o1.Cc1ccc(C)s1.Cc1ccc2c(ccc3cc(C)ccc32)c1.Cc1nc(C)c2ccccc2n1.Cc1nc(C)nc(C)n1. The summed E-state index contributed by atoms with van der Waals surface area (Å²) in [6.07, 6.45) is 0. The van der Waals surface area contributed by atoms with Crippen molar-refractivity contribution in [3.63, 3.8) is 0 Å². The number of aryl methyl sites for hydroxylation is 15. The largest absolute Gasteiger partial charge is 0.467 e. The van der Waals surface area contributed by atoms with Gasteiger partial charge in [-0.3, -0.25) is 9.97 Å². The van der Waals surface area contributed by atoms with Crippen LogP contribution in [-0.2, 0) is 0 Å². The molecular weight excluding hydrogens is 1110 g/mol. The van der Waals surface area contributed by atoms with E-state index >= 15 is 0 Å². The number of rotatable bonds is 0. The Hall–Kier alpha value is -8.01. The zero-order valence-electron chi connectivity index (χ0n) is 60.5. The number of aromatic nitrogens is 7. The first-order valence-corrected chi connectivity index (χ1v) is 33.1. The first kappa shape index (κ1) is 83.1. The van der Waals surface area contributed by atoms with Crippen LogP contribution in [0.4, 0.5) is 0 Å². The number of fused-ring (bicyclic) bond motifs is 6. The number of furan rings is 1. The molecule has 89 heavy (non-hydrogen) atoms. The molecule has 6 heterocycles. The Labute approximate surface area is 544 Å². The normalized spacial score (nSPS) is 9.18. The van der Waals surface area contributed by atoms with Crippen molar-refractivity contribution in [2.45, 2.75) is 201 Å². The van der Waals surface area contributed by atoms with E-state index in [0.717, 1.165) is 74.0 Å². The number of hydrogen-bond acceptors (Lipinski definition) is 9. The third-order valence-corrected chi connectivity index (χ3v) is 12.8. The van der Waals surface area contributed by atoms with E-state index in [2.05, 4.69) is 180 Å². The molecule has 8 nitrogen and oxygen atoms in total. The molecule has 0 aliphatic rings. The highest BCUT2D eigenvalue weighted by Crippen LogP contribution is 2.27. The van der Waals surface area contributed by atoms with Crippen molar-refractivity contribution in [3.05, 3.63) is 242 Å². The Morgan fingerprint density at radius 1 is 0.270 bits per heavy atom. The van der Waals surface area contributed by atoms with E-state index < -0.39 is 0 Å². The molecule has 0 spiro atoms. The Morgan fingerprint density at radius 2 is 0.629 bits per heavy atom. The highest BCUT2D eigenvalue weighted by Gasteiger charge is 2.03. The van der Waals surface area contributed by atoms with Gasteiger partial charge >= 0.3 is 0 Å². The van der Waals surface area contributed by atoms with E-state index in [-0.39, 0.29) is 0 Å². The highest BCUT2D eigenvalue weighted by molar-refractivity contribution is 7.11. The summed E-state index contributed by atoms with van der Waals surface area (Å²) in [5.41, 5.74) is 10.4.